The SMILES string of the molecule is CC.CC.OCCO[C@@H]1CCNC1. The third-order valence-electron chi connectivity index (χ3n) is 1.46. The lowest BCUT2D eigenvalue weighted by Crippen LogP contribution is -2.18. The molecule has 0 aromatic heterocycles. The molecular formula is C10H25NO2. The molecule has 1 aliphatic rings. The molecule has 0 amide bonds. The Morgan fingerprint density at radius 2 is 1.92 bits per heavy atom. The highest BCUT2D eigenvalue weighted by atomic mass is 16.5. The van der Waals surface area contributed by atoms with Crippen LogP contribution < -0.4 is 5.32 Å². The van der Waals surface area contributed by atoms with Gasteiger partial charge in [-0.15, -0.1) is 0 Å². The number of aliphatic hydroxyl groups excluding tert-OH is 1. The number of ether oxygens (including phenoxy) is 1. The van der Waals surface area contributed by atoms with Gasteiger partial charge >= 0.3 is 0 Å². The van der Waals surface area contributed by atoms with Crippen LogP contribution in [0.25, 0.3) is 0 Å². The third-order valence-corrected chi connectivity index (χ3v) is 1.46. The lowest BCUT2D eigenvalue weighted by molar-refractivity contribution is 0.0402. The molecule has 1 saturated heterocycles. The van der Waals surface area contributed by atoms with Gasteiger partial charge in [-0.05, 0) is 13.0 Å². The highest BCUT2D eigenvalue weighted by molar-refractivity contribution is 4.70. The largest absolute Gasteiger partial charge is 0.394 e. The van der Waals surface area contributed by atoms with Gasteiger partial charge < -0.3 is 15.2 Å². The van der Waals surface area contributed by atoms with Crippen molar-refractivity contribution in [3.63, 3.8) is 0 Å². The molecule has 0 aromatic rings. The van der Waals surface area contributed by atoms with Crippen LogP contribution >= 0.6 is 0 Å². The van der Waals surface area contributed by atoms with Crippen LogP contribution in [0.4, 0.5) is 0 Å². The zero-order chi connectivity index (χ0) is 10.5. The van der Waals surface area contributed by atoms with E-state index < -0.39 is 0 Å². The molecular weight excluding hydrogens is 166 g/mol. The van der Waals surface area contributed by atoms with E-state index >= 15 is 0 Å². The molecule has 13 heavy (non-hydrogen) atoms. The molecule has 0 spiro atoms. The minimum Gasteiger partial charge on any atom is -0.394 e. The van der Waals surface area contributed by atoms with Crippen molar-refractivity contribution in [2.24, 2.45) is 0 Å². The summed E-state index contributed by atoms with van der Waals surface area (Å²) in [4.78, 5) is 0. The van der Waals surface area contributed by atoms with Gasteiger partial charge in [0, 0.05) is 6.54 Å². The maximum Gasteiger partial charge on any atom is 0.0712 e. The number of nitrogens with one attached hydrogen (secondary N) is 1. The normalized spacial score (nSPS) is 19.6. The number of hydrogen-bond acceptors (Lipinski definition) is 3. The van der Waals surface area contributed by atoms with Crippen LogP contribution in [-0.2, 0) is 4.74 Å². The Morgan fingerprint density at radius 3 is 2.31 bits per heavy atom. The Kier molecular flexibility index (Phi) is 17.0. The fourth-order valence-electron chi connectivity index (χ4n) is 0.990. The lowest BCUT2D eigenvalue weighted by atomic mass is 10.3. The monoisotopic (exact) mass is 191 g/mol. The molecule has 1 fully saturated rings. The van der Waals surface area contributed by atoms with Crippen LogP contribution in [0.15, 0.2) is 0 Å². The van der Waals surface area contributed by atoms with E-state index in [1.54, 1.807) is 0 Å². The first-order valence-electron chi connectivity index (χ1n) is 5.36. The highest BCUT2D eigenvalue weighted by Crippen LogP contribution is 2.01. The van der Waals surface area contributed by atoms with E-state index in [2.05, 4.69) is 5.32 Å². The first-order valence-corrected chi connectivity index (χ1v) is 5.36. The van der Waals surface area contributed by atoms with E-state index in [4.69, 9.17) is 9.84 Å². The summed E-state index contributed by atoms with van der Waals surface area (Å²) in [5.74, 6) is 0. The standard InChI is InChI=1S/C6H13NO2.2C2H6/c8-3-4-9-6-1-2-7-5-6;2*1-2/h6-8H,1-5H2;2*1-2H3/t6-;;/m1../s1. The maximum atomic E-state index is 8.38. The number of aliphatic hydroxyl groups is 1. The minimum absolute atomic E-state index is 0.135. The van der Waals surface area contributed by atoms with Gasteiger partial charge in [0.1, 0.15) is 0 Å². The lowest BCUT2D eigenvalue weighted by Gasteiger charge is -2.07. The molecule has 1 atom stereocenters. The molecule has 1 rings (SSSR count). The van der Waals surface area contributed by atoms with Crippen LogP contribution in [-0.4, -0.2) is 37.5 Å². The molecule has 3 heteroatoms. The summed E-state index contributed by atoms with van der Waals surface area (Å²) in [5, 5.41) is 11.6. The average Bonchev–Trinajstić information content (AvgIpc) is 2.73. The zero-order valence-electron chi connectivity index (χ0n) is 9.47. The second-order valence-corrected chi connectivity index (χ2v) is 2.21. The van der Waals surface area contributed by atoms with Gasteiger partial charge in [-0.1, -0.05) is 27.7 Å². The Bertz CT molecular complexity index is 73.3. The Morgan fingerprint density at radius 1 is 1.31 bits per heavy atom. The summed E-state index contributed by atoms with van der Waals surface area (Å²) >= 11 is 0. The van der Waals surface area contributed by atoms with Gasteiger partial charge in [-0.2, -0.15) is 0 Å². The zero-order valence-corrected chi connectivity index (χ0v) is 9.47. The first-order chi connectivity index (χ1) is 6.43. The summed E-state index contributed by atoms with van der Waals surface area (Å²) in [6.07, 6.45) is 1.43. The molecule has 1 heterocycles. The summed E-state index contributed by atoms with van der Waals surface area (Å²) in [6, 6.07) is 0. The van der Waals surface area contributed by atoms with Gasteiger partial charge in [-0.25, -0.2) is 0 Å². The van der Waals surface area contributed by atoms with Gasteiger partial charge in [0.15, 0.2) is 0 Å². The molecule has 3 nitrogen and oxygen atoms in total. The summed E-state index contributed by atoms with van der Waals surface area (Å²) in [7, 11) is 0. The highest BCUT2D eigenvalue weighted by Gasteiger charge is 2.13. The fraction of sp³-hybridized carbons (Fsp3) is 1.00. The van der Waals surface area contributed by atoms with E-state index in [0.29, 0.717) is 12.7 Å². The second kappa shape index (κ2) is 14.4. The minimum atomic E-state index is 0.135. The van der Waals surface area contributed by atoms with Crippen LogP contribution in [0.1, 0.15) is 34.1 Å². The topological polar surface area (TPSA) is 41.5 Å². The molecule has 0 aromatic carbocycles. The second-order valence-electron chi connectivity index (χ2n) is 2.21. The van der Waals surface area contributed by atoms with E-state index in [-0.39, 0.29) is 6.61 Å². The van der Waals surface area contributed by atoms with Crippen molar-refractivity contribution in [1.29, 1.82) is 0 Å². The molecule has 1 aliphatic heterocycles. The van der Waals surface area contributed by atoms with Crippen LogP contribution in [0.3, 0.4) is 0 Å². The Labute approximate surface area is 82.5 Å². The quantitative estimate of drug-likeness (QED) is 0.708. The van der Waals surface area contributed by atoms with E-state index in [9.17, 15) is 0 Å². The van der Waals surface area contributed by atoms with Crippen molar-refractivity contribution in [1.82, 2.24) is 5.32 Å². The molecule has 82 valence electrons. The predicted molar refractivity (Wildman–Crippen MR) is 57.0 cm³/mol. The van der Waals surface area contributed by atoms with E-state index in [1.807, 2.05) is 27.7 Å². The van der Waals surface area contributed by atoms with Gasteiger partial charge in [-0.3, -0.25) is 0 Å². The van der Waals surface area contributed by atoms with Gasteiger partial charge in [0.25, 0.3) is 0 Å². The van der Waals surface area contributed by atoms with Crippen molar-refractivity contribution in [2.75, 3.05) is 26.3 Å². The van der Waals surface area contributed by atoms with Crippen LogP contribution in [0.2, 0.25) is 0 Å². The van der Waals surface area contributed by atoms with Gasteiger partial charge in [0.05, 0.1) is 19.3 Å². The number of rotatable bonds is 3. The maximum absolute atomic E-state index is 8.38. The van der Waals surface area contributed by atoms with E-state index in [0.717, 1.165) is 19.5 Å². The molecule has 0 bridgehead atoms. The predicted octanol–water partition coefficient (Wildman–Crippen LogP) is 1.41. The third kappa shape index (κ3) is 9.80. The van der Waals surface area contributed by atoms with Crippen molar-refractivity contribution in [3.8, 4) is 0 Å². The van der Waals surface area contributed by atoms with Crippen molar-refractivity contribution >= 4 is 0 Å². The molecule has 0 unspecified atom stereocenters. The summed E-state index contributed by atoms with van der Waals surface area (Å²) < 4.78 is 5.24. The number of hydrogen-bond donors (Lipinski definition) is 2. The van der Waals surface area contributed by atoms with E-state index in [1.165, 1.54) is 0 Å². The average molecular weight is 191 g/mol. The fourth-order valence-corrected chi connectivity index (χ4v) is 0.990. The Hall–Kier alpha value is -0.120. The summed E-state index contributed by atoms with van der Waals surface area (Å²) in [6.45, 7) is 10.6. The van der Waals surface area contributed by atoms with Crippen molar-refractivity contribution < 1.29 is 9.84 Å². The molecule has 0 radical (unpaired) electrons. The van der Waals surface area contributed by atoms with Crippen molar-refractivity contribution in [3.05, 3.63) is 0 Å². The van der Waals surface area contributed by atoms with Crippen LogP contribution in [0, 0.1) is 0 Å². The van der Waals surface area contributed by atoms with Crippen LogP contribution in [0.5, 0.6) is 0 Å². The molecule has 0 aliphatic carbocycles. The first kappa shape index (κ1) is 15.4. The van der Waals surface area contributed by atoms with Crippen molar-refractivity contribution in [2.45, 2.75) is 40.2 Å². The van der Waals surface area contributed by atoms with Gasteiger partial charge in [0.2, 0.25) is 0 Å². The summed E-state index contributed by atoms with van der Waals surface area (Å²) in [5.41, 5.74) is 0. The molecule has 0 saturated carbocycles. The smallest absolute Gasteiger partial charge is 0.0712 e. The Balaban J connectivity index is 0. The molecule has 2 N–H and O–H groups in total.